The van der Waals surface area contributed by atoms with E-state index in [9.17, 15) is 9.59 Å². The van der Waals surface area contributed by atoms with E-state index in [0.717, 1.165) is 5.56 Å². The second-order valence-electron chi connectivity index (χ2n) is 6.76. The fraction of sp³-hybridized carbons (Fsp3) is 0.389. The van der Waals surface area contributed by atoms with Crippen molar-refractivity contribution >= 4 is 17.8 Å². The third-order valence-corrected chi connectivity index (χ3v) is 3.43. The van der Waals surface area contributed by atoms with Gasteiger partial charge in [0.15, 0.2) is 0 Å². The van der Waals surface area contributed by atoms with Crippen LogP contribution in [0.5, 0.6) is 5.75 Å². The molecule has 0 radical (unpaired) electrons. The molecule has 27 heavy (non-hydrogen) atoms. The first-order valence-corrected chi connectivity index (χ1v) is 8.44. The van der Waals surface area contributed by atoms with E-state index in [-0.39, 0.29) is 6.54 Å². The number of nitrogens with one attached hydrogen (secondary N) is 4. The summed E-state index contributed by atoms with van der Waals surface area (Å²) in [6, 6.07) is 6.27. The van der Waals surface area contributed by atoms with Gasteiger partial charge in [0.1, 0.15) is 11.4 Å². The van der Waals surface area contributed by atoms with Gasteiger partial charge in [-0.2, -0.15) is 5.10 Å². The number of hydrogen-bond donors (Lipinski definition) is 4. The molecule has 0 saturated heterocycles. The van der Waals surface area contributed by atoms with E-state index in [1.54, 1.807) is 40.1 Å². The molecule has 0 fully saturated rings. The first-order valence-electron chi connectivity index (χ1n) is 8.44. The highest BCUT2D eigenvalue weighted by Gasteiger charge is 2.23. The van der Waals surface area contributed by atoms with Gasteiger partial charge in [-0.25, -0.2) is 9.59 Å². The number of aromatic amines is 1. The lowest BCUT2D eigenvalue weighted by Gasteiger charge is -2.25. The van der Waals surface area contributed by atoms with Crippen LogP contribution in [0.4, 0.5) is 15.3 Å². The molecule has 2 aromatic rings. The predicted molar refractivity (Wildman–Crippen MR) is 101 cm³/mol. The van der Waals surface area contributed by atoms with Crippen LogP contribution < -0.4 is 20.7 Å². The molecule has 3 amide bonds. The maximum atomic E-state index is 12.2. The molecular weight excluding hydrogens is 350 g/mol. The zero-order valence-electron chi connectivity index (χ0n) is 15.8. The molecule has 1 aromatic carbocycles. The van der Waals surface area contributed by atoms with Crippen LogP contribution >= 0.6 is 0 Å². The molecule has 9 heteroatoms. The highest BCUT2D eigenvalue weighted by Crippen LogP contribution is 2.25. The van der Waals surface area contributed by atoms with Gasteiger partial charge >= 0.3 is 12.1 Å². The van der Waals surface area contributed by atoms with Gasteiger partial charge in [0.25, 0.3) is 0 Å². The Morgan fingerprint density at radius 2 is 2.00 bits per heavy atom. The second kappa shape index (κ2) is 8.93. The molecule has 4 N–H and O–H groups in total. The standard InChI is InChI=1S/C18H25N5O4/c1-18(2,3)27-17(25)23-14(13-7-5-6-8-15(13)26-4)11-19-16(24)22-12-9-20-21-10-12/h5-10,14H,11H2,1-4H3,(H,20,21)(H,23,25)(H2,19,22,24). The average molecular weight is 375 g/mol. The molecule has 0 aliphatic carbocycles. The van der Waals surface area contributed by atoms with Crippen LogP contribution in [0.2, 0.25) is 0 Å². The molecule has 1 heterocycles. The lowest BCUT2D eigenvalue weighted by molar-refractivity contribution is 0.0503. The quantitative estimate of drug-likeness (QED) is 0.619. The summed E-state index contributed by atoms with van der Waals surface area (Å²) in [5, 5.41) is 14.5. The van der Waals surface area contributed by atoms with E-state index < -0.39 is 23.8 Å². The van der Waals surface area contributed by atoms with Crippen molar-refractivity contribution in [1.29, 1.82) is 0 Å². The summed E-state index contributed by atoms with van der Waals surface area (Å²) < 4.78 is 10.7. The highest BCUT2D eigenvalue weighted by atomic mass is 16.6. The van der Waals surface area contributed by atoms with Gasteiger partial charge in [0.2, 0.25) is 0 Å². The number of H-pyrrole nitrogens is 1. The molecule has 1 atom stereocenters. The molecule has 0 spiro atoms. The molecule has 9 nitrogen and oxygen atoms in total. The van der Waals surface area contributed by atoms with Crippen LogP contribution in [-0.2, 0) is 4.74 Å². The Morgan fingerprint density at radius 3 is 2.63 bits per heavy atom. The van der Waals surface area contributed by atoms with Crippen LogP contribution in [0.15, 0.2) is 36.7 Å². The van der Waals surface area contributed by atoms with Gasteiger partial charge in [0, 0.05) is 18.3 Å². The maximum Gasteiger partial charge on any atom is 0.408 e. The number of methoxy groups -OCH3 is 1. The number of rotatable bonds is 6. The minimum atomic E-state index is -0.637. The fourth-order valence-corrected chi connectivity index (χ4v) is 2.33. The van der Waals surface area contributed by atoms with Crippen LogP contribution in [0, 0.1) is 0 Å². The van der Waals surface area contributed by atoms with E-state index in [1.807, 2.05) is 18.2 Å². The van der Waals surface area contributed by atoms with Gasteiger partial charge in [0.05, 0.1) is 25.0 Å². The maximum absolute atomic E-state index is 12.2. The number of hydrogen-bond acceptors (Lipinski definition) is 5. The Kier molecular flexibility index (Phi) is 6.64. The minimum absolute atomic E-state index is 0.128. The molecule has 1 aromatic heterocycles. The van der Waals surface area contributed by atoms with Crippen molar-refractivity contribution in [3.63, 3.8) is 0 Å². The normalized spacial score (nSPS) is 12.0. The summed E-state index contributed by atoms with van der Waals surface area (Å²) in [5.41, 5.74) is 0.609. The van der Waals surface area contributed by atoms with Crippen LogP contribution in [0.1, 0.15) is 32.4 Å². The number of ether oxygens (including phenoxy) is 2. The second-order valence-corrected chi connectivity index (χ2v) is 6.76. The smallest absolute Gasteiger partial charge is 0.408 e. The number of nitrogens with zero attached hydrogens (tertiary/aromatic N) is 1. The van der Waals surface area contributed by atoms with Crippen molar-refractivity contribution in [2.45, 2.75) is 32.4 Å². The molecular formula is C18H25N5O4. The van der Waals surface area contributed by atoms with Crippen molar-refractivity contribution in [3.05, 3.63) is 42.2 Å². The third kappa shape index (κ3) is 6.53. The Morgan fingerprint density at radius 1 is 1.26 bits per heavy atom. The first kappa shape index (κ1) is 20.1. The van der Waals surface area contributed by atoms with E-state index >= 15 is 0 Å². The van der Waals surface area contributed by atoms with Crippen LogP contribution in [0.3, 0.4) is 0 Å². The zero-order valence-corrected chi connectivity index (χ0v) is 15.8. The fourth-order valence-electron chi connectivity index (χ4n) is 2.33. The number of alkyl carbamates (subject to hydrolysis) is 1. The Labute approximate surface area is 157 Å². The van der Waals surface area contributed by atoms with Crippen molar-refractivity contribution < 1.29 is 19.1 Å². The van der Waals surface area contributed by atoms with Gasteiger partial charge in [-0.15, -0.1) is 0 Å². The first-order chi connectivity index (χ1) is 12.8. The topological polar surface area (TPSA) is 117 Å². The zero-order chi connectivity index (χ0) is 19.9. The summed E-state index contributed by atoms with van der Waals surface area (Å²) in [6.07, 6.45) is 2.45. The number of aromatic nitrogens is 2. The van der Waals surface area contributed by atoms with Gasteiger partial charge in [-0.1, -0.05) is 18.2 Å². The Balaban J connectivity index is 2.09. The van der Waals surface area contributed by atoms with Gasteiger partial charge in [-0.3, -0.25) is 5.10 Å². The van der Waals surface area contributed by atoms with Gasteiger partial charge in [-0.05, 0) is 26.8 Å². The molecule has 2 rings (SSSR count). The number of para-hydroxylation sites is 1. The largest absolute Gasteiger partial charge is 0.496 e. The van der Waals surface area contributed by atoms with E-state index in [2.05, 4.69) is 26.1 Å². The van der Waals surface area contributed by atoms with Crippen molar-refractivity contribution in [1.82, 2.24) is 20.8 Å². The van der Waals surface area contributed by atoms with Crippen LogP contribution in [0.25, 0.3) is 0 Å². The number of benzene rings is 1. The highest BCUT2D eigenvalue weighted by molar-refractivity contribution is 5.88. The number of urea groups is 1. The Bertz CT molecular complexity index is 755. The number of amides is 3. The summed E-state index contributed by atoms with van der Waals surface area (Å²) in [7, 11) is 1.54. The van der Waals surface area contributed by atoms with Crippen molar-refractivity contribution in [3.8, 4) is 5.75 Å². The molecule has 0 aliphatic rings. The third-order valence-electron chi connectivity index (χ3n) is 3.43. The monoisotopic (exact) mass is 375 g/mol. The number of carbonyl (C=O) groups excluding carboxylic acids is 2. The van der Waals surface area contributed by atoms with E-state index in [0.29, 0.717) is 11.4 Å². The molecule has 0 bridgehead atoms. The summed E-state index contributed by atoms with van der Waals surface area (Å²) in [6.45, 7) is 5.47. The molecule has 0 aliphatic heterocycles. The van der Waals surface area contributed by atoms with E-state index in [4.69, 9.17) is 9.47 Å². The summed E-state index contributed by atoms with van der Waals surface area (Å²) >= 11 is 0. The van der Waals surface area contributed by atoms with Crippen molar-refractivity contribution in [2.24, 2.45) is 0 Å². The lowest BCUT2D eigenvalue weighted by atomic mass is 10.1. The predicted octanol–water partition coefficient (Wildman–Crippen LogP) is 2.81. The van der Waals surface area contributed by atoms with Crippen LogP contribution in [-0.4, -0.2) is 41.6 Å². The summed E-state index contributed by atoms with van der Waals surface area (Å²) in [5.74, 6) is 0.593. The minimum Gasteiger partial charge on any atom is -0.496 e. The van der Waals surface area contributed by atoms with Crippen molar-refractivity contribution in [2.75, 3.05) is 19.0 Å². The SMILES string of the molecule is COc1ccccc1C(CNC(=O)Nc1cn[nH]c1)NC(=O)OC(C)(C)C. The molecule has 146 valence electrons. The molecule has 1 unspecified atom stereocenters. The van der Waals surface area contributed by atoms with E-state index in [1.165, 1.54) is 6.20 Å². The number of anilines is 1. The lowest BCUT2D eigenvalue weighted by Crippen LogP contribution is -2.41. The number of carbonyl (C=O) groups is 2. The Hall–Kier alpha value is -3.23. The van der Waals surface area contributed by atoms with Gasteiger partial charge < -0.3 is 25.4 Å². The summed E-state index contributed by atoms with van der Waals surface area (Å²) in [4.78, 5) is 24.3. The average Bonchev–Trinajstić information content (AvgIpc) is 3.10. The molecule has 0 saturated carbocycles.